The Morgan fingerprint density at radius 3 is 2.60 bits per heavy atom. The lowest BCUT2D eigenvalue weighted by Gasteiger charge is -2.31. The molecular weight excluding hydrogens is 328 g/mol. The van der Waals surface area contributed by atoms with Gasteiger partial charge in [0, 0.05) is 6.42 Å². The molecule has 0 amide bonds. The highest BCUT2D eigenvalue weighted by Gasteiger charge is 2.39. The lowest BCUT2D eigenvalue weighted by atomic mass is 9.88. The number of H-pyrrole nitrogens is 2. The van der Waals surface area contributed by atoms with Gasteiger partial charge in [0.05, 0.1) is 19.3 Å². The van der Waals surface area contributed by atoms with E-state index in [1.54, 1.807) is 38.3 Å². The second kappa shape index (κ2) is 6.84. The van der Waals surface area contributed by atoms with Crippen LogP contribution in [0.1, 0.15) is 24.2 Å². The Morgan fingerprint density at radius 2 is 1.96 bits per heavy atom. The number of ether oxygens (including phenoxy) is 3. The van der Waals surface area contributed by atoms with E-state index in [9.17, 15) is 14.4 Å². The maximum absolute atomic E-state index is 12.4. The van der Waals surface area contributed by atoms with E-state index in [-0.39, 0.29) is 24.5 Å². The summed E-state index contributed by atoms with van der Waals surface area (Å²) >= 11 is 0. The first-order valence-electron chi connectivity index (χ1n) is 7.86. The molecule has 3 rings (SSSR count). The Morgan fingerprint density at radius 1 is 1.24 bits per heavy atom. The normalized spacial score (nSPS) is 18.8. The molecule has 0 radical (unpaired) electrons. The van der Waals surface area contributed by atoms with Crippen molar-refractivity contribution in [1.29, 1.82) is 0 Å². The molecule has 0 fully saturated rings. The molecule has 1 aliphatic rings. The van der Waals surface area contributed by atoms with E-state index in [2.05, 4.69) is 9.97 Å². The van der Waals surface area contributed by atoms with Gasteiger partial charge in [-0.1, -0.05) is 12.1 Å². The summed E-state index contributed by atoms with van der Waals surface area (Å²) in [6, 6.07) is 7.03. The van der Waals surface area contributed by atoms with Crippen LogP contribution in [-0.2, 0) is 16.0 Å². The first kappa shape index (κ1) is 16.8. The van der Waals surface area contributed by atoms with Crippen LogP contribution in [0.5, 0.6) is 11.6 Å². The number of rotatable bonds is 4. The molecule has 1 aromatic heterocycles. The predicted molar refractivity (Wildman–Crippen MR) is 87.9 cm³/mol. The number of hydrogen-bond donors (Lipinski definition) is 2. The summed E-state index contributed by atoms with van der Waals surface area (Å²) in [4.78, 5) is 40.5. The molecule has 0 spiro atoms. The molecule has 2 unspecified atom stereocenters. The lowest BCUT2D eigenvalue weighted by molar-refractivity contribution is -0.152. The number of esters is 1. The summed E-state index contributed by atoms with van der Waals surface area (Å²) < 4.78 is 16.1. The SMILES string of the molecule is CCOC(=O)C1Cc2c([nH]c(=O)[nH]c2=O)OC1c1ccc(OC)cc1. The van der Waals surface area contributed by atoms with Crippen molar-refractivity contribution in [2.45, 2.75) is 19.4 Å². The summed E-state index contributed by atoms with van der Waals surface area (Å²) in [5, 5.41) is 0. The van der Waals surface area contributed by atoms with Crippen molar-refractivity contribution in [3.05, 3.63) is 56.2 Å². The monoisotopic (exact) mass is 346 g/mol. The van der Waals surface area contributed by atoms with E-state index in [0.717, 1.165) is 0 Å². The third-order valence-corrected chi connectivity index (χ3v) is 4.07. The van der Waals surface area contributed by atoms with Gasteiger partial charge in [-0.05, 0) is 24.6 Å². The molecule has 0 saturated heterocycles. The molecule has 132 valence electrons. The molecule has 0 saturated carbocycles. The third kappa shape index (κ3) is 3.28. The Labute approximate surface area is 142 Å². The van der Waals surface area contributed by atoms with Crippen LogP contribution in [0.4, 0.5) is 0 Å². The molecule has 2 heterocycles. The highest BCUT2D eigenvalue weighted by Crippen LogP contribution is 2.37. The van der Waals surface area contributed by atoms with Gasteiger partial charge in [0.2, 0.25) is 5.88 Å². The highest BCUT2D eigenvalue weighted by molar-refractivity contribution is 5.74. The van der Waals surface area contributed by atoms with E-state index in [4.69, 9.17) is 14.2 Å². The van der Waals surface area contributed by atoms with Gasteiger partial charge in [-0.25, -0.2) is 4.79 Å². The van der Waals surface area contributed by atoms with Gasteiger partial charge < -0.3 is 14.2 Å². The standard InChI is InChI=1S/C17H18N2O6/c1-3-24-16(21)11-8-12-14(20)18-17(22)19-15(12)25-13(11)9-4-6-10(23-2)7-5-9/h4-7,11,13H,3,8H2,1-2H3,(H2,18,19,20,22). The van der Waals surface area contributed by atoms with Crippen LogP contribution >= 0.6 is 0 Å². The molecule has 25 heavy (non-hydrogen) atoms. The van der Waals surface area contributed by atoms with Gasteiger partial charge in [-0.2, -0.15) is 0 Å². The summed E-state index contributed by atoms with van der Waals surface area (Å²) in [6.45, 7) is 1.93. The zero-order valence-electron chi connectivity index (χ0n) is 13.8. The van der Waals surface area contributed by atoms with Crippen LogP contribution in [0.3, 0.4) is 0 Å². The van der Waals surface area contributed by atoms with E-state index < -0.39 is 29.2 Å². The van der Waals surface area contributed by atoms with Crippen molar-refractivity contribution in [2.75, 3.05) is 13.7 Å². The molecule has 1 aromatic carbocycles. The Kier molecular flexibility index (Phi) is 4.60. The molecule has 0 aliphatic carbocycles. The summed E-state index contributed by atoms with van der Waals surface area (Å²) in [6.07, 6.45) is -0.577. The molecule has 2 atom stereocenters. The number of benzene rings is 1. The molecule has 1 aliphatic heterocycles. The largest absolute Gasteiger partial charge is 0.497 e. The quantitative estimate of drug-likeness (QED) is 0.797. The number of aromatic amines is 2. The highest BCUT2D eigenvalue weighted by atomic mass is 16.5. The van der Waals surface area contributed by atoms with Gasteiger partial charge in [0.1, 0.15) is 17.8 Å². The number of hydrogen-bond acceptors (Lipinski definition) is 6. The van der Waals surface area contributed by atoms with Crippen LogP contribution in [0.25, 0.3) is 0 Å². The van der Waals surface area contributed by atoms with Crippen molar-refractivity contribution in [3.63, 3.8) is 0 Å². The number of carbonyl (C=O) groups excluding carboxylic acids is 1. The summed E-state index contributed by atoms with van der Waals surface area (Å²) in [7, 11) is 1.56. The molecular formula is C17H18N2O6. The van der Waals surface area contributed by atoms with Crippen LogP contribution < -0.4 is 20.7 Å². The smallest absolute Gasteiger partial charge is 0.328 e. The Balaban J connectivity index is 2.04. The molecule has 8 nitrogen and oxygen atoms in total. The first-order valence-corrected chi connectivity index (χ1v) is 7.86. The maximum atomic E-state index is 12.4. The van der Waals surface area contributed by atoms with Crippen molar-refractivity contribution in [1.82, 2.24) is 9.97 Å². The van der Waals surface area contributed by atoms with E-state index in [0.29, 0.717) is 11.3 Å². The number of nitrogens with one attached hydrogen (secondary N) is 2. The fraction of sp³-hybridized carbons (Fsp3) is 0.353. The van der Waals surface area contributed by atoms with Crippen molar-refractivity contribution < 1.29 is 19.0 Å². The summed E-state index contributed by atoms with van der Waals surface area (Å²) in [5.41, 5.74) is -0.291. The van der Waals surface area contributed by atoms with E-state index in [1.165, 1.54) is 0 Å². The number of carbonyl (C=O) groups is 1. The van der Waals surface area contributed by atoms with Crippen LogP contribution in [0.2, 0.25) is 0 Å². The van der Waals surface area contributed by atoms with Crippen LogP contribution in [0, 0.1) is 5.92 Å². The van der Waals surface area contributed by atoms with E-state index >= 15 is 0 Å². The maximum Gasteiger partial charge on any atom is 0.328 e. The number of fused-ring (bicyclic) bond motifs is 1. The van der Waals surface area contributed by atoms with Crippen molar-refractivity contribution >= 4 is 5.97 Å². The van der Waals surface area contributed by atoms with Gasteiger partial charge in [0.15, 0.2) is 0 Å². The van der Waals surface area contributed by atoms with Crippen LogP contribution in [0.15, 0.2) is 33.9 Å². The van der Waals surface area contributed by atoms with E-state index in [1.807, 2.05) is 0 Å². The lowest BCUT2D eigenvalue weighted by Crippen LogP contribution is -2.38. The summed E-state index contributed by atoms with van der Waals surface area (Å²) in [5.74, 6) is -0.417. The number of methoxy groups -OCH3 is 1. The fourth-order valence-corrected chi connectivity index (χ4v) is 2.86. The molecule has 8 heteroatoms. The second-order valence-corrected chi connectivity index (χ2v) is 5.59. The minimum atomic E-state index is -0.701. The topological polar surface area (TPSA) is 110 Å². The van der Waals surface area contributed by atoms with Crippen LogP contribution in [-0.4, -0.2) is 29.7 Å². The van der Waals surface area contributed by atoms with Gasteiger partial charge in [-0.3, -0.25) is 19.6 Å². The average Bonchev–Trinajstić information content (AvgIpc) is 2.61. The first-order chi connectivity index (χ1) is 12.0. The average molecular weight is 346 g/mol. The van der Waals surface area contributed by atoms with Gasteiger partial charge >= 0.3 is 11.7 Å². The molecule has 2 aromatic rings. The predicted octanol–water partition coefficient (Wildman–Crippen LogP) is 0.927. The van der Waals surface area contributed by atoms with Gasteiger partial charge in [0.25, 0.3) is 5.56 Å². The minimum absolute atomic E-state index is 0.0788. The van der Waals surface area contributed by atoms with Gasteiger partial charge in [-0.15, -0.1) is 0 Å². The van der Waals surface area contributed by atoms with Crippen molar-refractivity contribution in [2.24, 2.45) is 5.92 Å². The minimum Gasteiger partial charge on any atom is -0.497 e. The zero-order chi connectivity index (χ0) is 18.0. The Bertz CT molecular complexity index is 883. The molecule has 2 N–H and O–H groups in total. The molecule has 0 bridgehead atoms. The number of aromatic nitrogens is 2. The zero-order valence-corrected chi connectivity index (χ0v) is 13.8. The second-order valence-electron chi connectivity index (χ2n) is 5.59. The van der Waals surface area contributed by atoms with Crippen molar-refractivity contribution in [3.8, 4) is 11.6 Å². The third-order valence-electron chi connectivity index (χ3n) is 4.07. The fourth-order valence-electron chi connectivity index (χ4n) is 2.86. The Hall–Kier alpha value is -3.03.